The van der Waals surface area contributed by atoms with Crippen LogP contribution in [0.3, 0.4) is 0 Å². The first-order valence-corrected chi connectivity index (χ1v) is 8.93. The van der Waals surface area contributed by atoms with E-state index in [-0.39, 0.29) is 5.91 Å². The van der Waals surface area contributed by atoms with E-state index in [0.717, 1.165) is 35.4 Å². The third-order valence-electron chi connectivity index (χ3n) is 3.38. The molecule has 1 N–H and O–H groups in total. The van der Waals surface area contributed by atoms with Gasteiger partial charge in [-0.25, -0.2) is 4.98 Å². The fraction of sp³-hybridized carbons (Fsp3) is 0.400. The molecule has 0 saturated carbocycles. The highest BCUT2D eigenvalue weighted by atomic mass is 32.2. The van der Waals surface area contributed by atoms with Gasteiger partial charge in [0.1, 0.15) is 0 Å². The number of hydrogen-bond donors (Lipinski definition) is 1. The third kappa shape index (κ3) is 4.28. The summed E-state index contributed by atoms with van der Waals surface area (Å²) >= 11 is 2.76. The van der Waals surface area contributed by atoms with E-state index in [0.29, 0.717) is 18.2 Å². The quantitative estimate of drug-likeness (QED) is 0.822. The van der Waals surface area contributed by atoms with Crippen molar-refractivity contribution in [2.24, 2.45) is 5.92 Å². The molecule has 1 fully saturated rings. The maximum atomic E-state index is 11.8. The summed E-state index contributed by atoms with van der Waals surface area (Å²) in [6.07, 6.45) is 1.03. The molecule has 1 aliphatic rings. The Hall–Kier alpha value is -1.44. The minimum Gasteiger partial charge on any atom is -0.381 e. The van der Waals surface area contributed by atoms with E-state index < -0.39 is 0 Å². The summed E-state index contributed by atoms with van der Waals surface area (Å²) in [5.41, 5.74) is 0.997. The molecule has 116 valence electrons. The average Bonchev–Trinajstić information content (AvgIpc) is 3.23. The number of aromatic nitrogens is 2. The summed E-state index contributed by atoms with van der Waals surface area (Å²) in [6.45, 7) is 2.26. The highest BCUT2D eigenvalue weighted by Gasteiger charge is 2.16. The molecule has 22 heavy (non-hydrogen) atoms. The van der Waals surface area contributed by atoms with Crippen molar-refractivity contribution >= 4 is 29.2 Å². The Morgan fingerprint density at radius 3 is 3.05 bits per heavy atom. The van der Waals surface area contributed by atoms with Gasteiger partial charge in [0.05, 0.1) is 12.4 Å². The number of hydrogen-bond acceptors (Lipinski definition) is 6. The number of carbonyl (C=O) groups is 1. The highest BCUT2D eigenvalue weighted by molar-refractivity contribution is 8.01. The van der Waals surface area contributed by atoms with Crippen molar-refractivity contribution in [1.29, 1.82) is 0 Å². The Morgan fingerprint density at radius 2 is 2.27 bits per heavy atom. The maximum absolute atomic E-state index is 11.8. The lowest BCUT2D eigenvalue weighted by Crippen LogP contribution is -2.30. The molecular weight excluding hydrogens is 318 g/mol. The summed E-state index contributed by atoms with van der Waals surface area (Å²) in [5.74, 6) is 1.59. The van der Waals surface area contributed by atoms with E-state index in [1.54, 1.807) is 0 Å². The molecule has 0 aliphatic carbocycles. The summed E-state index contributed by atoms with van der Waals surface area (Å²) in [5, 5.41) is 2.95. The molecule has 1 unspecified atom stereocenters. The van der Waals surface area contributed by atoms with Gasteiger partial charge in [-0.3, -0.25) is 4.79 Å². The fourth-order valence-electron chi connectivity index (χ4n) is 2.15. The van der Waals surface area contributed by atoms with Crippen molar-refractivity contribution in [3.05, 3.63) is 30.3 Å². The lowest BCUT2D eigenvalue weighted by Gasteiger charge is -2.08. The molecule has 2 aromatic rings. The van der Waals surface area contributed by atoms with Crippen LogP contribution < -0.4 is 5.32 Å². The number of thioether (sulfide) groups is 1. The molecule has 1 amide bonds. The number of nitrogens with one attached hydrogen (secondary N) is 1. The highest BCUT2D eigenvalue weighted by Crippen LogP contribution is 2.24. The van der Waals surface area contributed by atoms with Gasteiger partial charge >= 0.3 is 0 Å². The second kappa shape index (κ2) is 7.71. The molecule has 1 saturated heterocycles. The minimum absolute atomic E-state index is 0.0355. The van der Waals surface area contributed by atoms with Crippen LogP contribution in [0.15, 0.2) is 34.7 Å². The van der Waals surface area contributed by atoms with Gasteiger partial charge in [0.25, 0.3) is 0 Å². The van der Waals surface area contributed by atoms with Gasteiger partial charge in [-0.2, -0.15) is 4.37 Å². The van der Waals surface area contributed by atoms with Crippen LogP contribution in [0.5, 0.6) is 0 Å². The zero-order valence-corrected chi connectivity index (χ0v) is 13.7. The first-order valence-electron chi connectivity index (χ1n) is 7.17. The van der Waals surface area contributed by atoms with E-state index in [4.69, 9.17) is 4.74 Å². The molecule has 2 heterocycles. The van der Waals surface area contributed by atoms with Crippen LogP contribution in [0.4, 0.5) is 0 Å². The summed E-state index contributed by atoms with van der Waals surface area (Å²) in [6, 6.07) is 9.84. The molecule has 1 aliphatic heterocycles. The van der Waals surface area contributed by atoms with Crippen LogP contribution in [0.25, 0.3) is 11.4 Å². The average molecular weight is 335 g/mol. The van der Waals surface area contributed by atoms with Crippen LogP contribution >= 0.6 is 23.3 Å². The first kappa shape index (κ1) is 15.5. The smallest absolute Gasteiger partial charge is 0.230 e. The summed E-state index contributed by atoms with van der Waals surface area (Å²) in [7, 11) is 0. The number of amides is 1. The molecule has 5 nitrogen and oxygen atoms in total. The molecule has 0 spiro atoms. The number of benzene rings is 1. The molecule has 7 heteroatoms. The normalized spacial score (nSPS) is 17.5. The van der Waals surface area contributed by atoms with E-state index in [2.05, 4.69) is 14.7 Å². The third-order valence-corrected chi connectivity index (χ3v) is 5.21. The monoisotopic (exact) mass is 335 g/mol. The Morgan fingerprint density at radius 1 is 1.41 bits per heavy atom. The molecule has 1 aromatic carbocycles. The van der Waals surface area contributed by atoms with E-state index >= 15 is 0 Å². The fourth-order valence-corrected chi connectivity index (χ4v) is 3.60. The zero-order chi connectivity index (χ0) is 15.2. The van der Waals surface area contributed by atoms with Crippen LogP contribution in [-0.4, -0.2) is 40.8 Å². The predicted octanol–water partition coefficient (Wildman–Crippen LogP) is 2.45. The lowest BCUT2D eigenvalue weighted by atomic mass is 10.1. The summed E-state index contributed by atoms with van der Waals surface area (Å²) < 4.78 is 10.4. The largest absolute Gasteiger partial charge is 0.381 e. The zero-order valence-electron chi connectivity index (χ0n) is 12.0. The minimum atomic E-state index is 0.0355. The Labute approximate surface area is 137 Å². The molecule has 0 bridgehead atoms. The Kier molecular flexibility index (Phi) is 5.42. The van der Waals surface area contributed by atoms with Gasteiger partial charge in [-0.15, -0.1) is 0 Å². The Balaban J connectivity index is 1.45. The van der Waals surface area contributed by atoms with E-state index in [9.17, 15) is 4.79 Å². The van der Waals surface area contributed by atoms with Crippen molar-refractivity contribution in [3.63, 3.8) is 0 Å². The van der Waals surface area contributed by atoms with Gasteiger partial charge in [0.15, 0.2) is 10.2 Å². The van der Waals surface area contributed by atoms with Gasteiger partial charge in [-0.05, 0) is 18.0 Å². The second-order valence-electron chi connectivity index (χ2n) is 5.07. The lowest BCUT2D eigenvalue weighted by molar-refractivity contribution is -0.118. The Bertz CT molecular complexity index is 612. The van der Waals surface area contributed by atoms with Crippen molar-refractivity contribution in [1.82, 2.24) is 14.7 Å². The van der Waals surface area contributed by atoms with Crippen molar-refractivity contribution in [3.8, 4) is 11.4 Å². The van der Waals surface area contributed by atoms with Crippen LogP contribution in [0.2, 0.25) is 0 Å². The number of nitrogens with zero attached hydrogens (tertiary/aromatic N) is 2. The predicted molar refractivity (Wildman–Crippen MR) is 88.0 cm³/mol. The standard InChI is InChI=1S/C15H17N3O2S2/c19-13(16-8-11-6-7-20-9-11)10-21-15-17-14(18-22-15)12-4-2-1-3-5-12/h1-5,11H,6-10H2,(H,16,19). The molecule has 1 aromatic heterocycles. The molecule has 0 radical (unpaired) electrons. The van der Waals surface area contributed by atoms with E-state index in [1.807, 2.05) is 30.3 Å². The van der Waals surface area contributed by atoms with Crippen LogP contribution in [0, 0.1) is 5.92 Å². The summed E-state index contributed by atoms with van der Waals surface area (Å²) in [4.78, 5) is 16.3. The number of rotatable bonds is 6. The molecule has 3 rings (SSSR count). The van der Waals surface area contributed by atoms with Gasteiger partial charge in [0.2, 0.25) is 5.91 Å². The van der Waals surface area contributed by atoms with Crippen LogP contribution in [0.1, 0.15) is 6.42 Å². The van der Waals surface area contributed by atoms with E-state index in [1.165, 1.54) is 23.3 Å². The topological polar surface area (TPSA) is 64.1 Å². The molecule has 1 atom stereocenters. The molecular formula is C15H17N3O2S2. The van der Waals surface area contributed by atoms with Crippen molar-refractivity contribution < 1.29 is 9.53 Å². The number of carbonyl (C=O) groups excluding carboxylic acids is 1. The maximum Gasteiger partial charge on any atom is 0.230 e. The van der Waals surface area contributed by atoms with Gasteiger partial charge in [0, 0.05) is 24.6 Å². The van der Waals surface area contributed by atoms with Crippen molar-refractivity contribution in [2.45, 2.75) is 10.8 Å². The van der Waals surface area contributed by atoms with Gasteiger partial charge < -0.3 is 10.1 Å². The first-order chi connectivity index (χ1) is 10.8. The van der Waals surface area contributed by atoms with Crippen LogP contribution in [-0.2, 0) is 9.53 Å². The SMILES string of the molecule is O=C(CSc1nc(-c2ccccc2)ns1)NCC1CCOC1. The number of ether oxygens (including phenoxy) is 1. The second-order valence-corrected chi connectivity index (χ2v) is 7.05. The van der Waals surface area contributed by atoms with Crippen molar-refractivity contribution in [2.75, 3.05) is 25.5 Å². The van der Waals surface area contributed by atoms with Gasteiger partial charge in [-0.1, -0.05) is 42.1 Å².